The van der Waals surface area contributed by atoms with E-state index in [-0.39, 0.29) is 11.5 Å². The molecular formula is C11H24N2O2. The Morgan fingerprint density at radius 1 is 1.53 bits per heavy atom. The summed E-state index contributed by atoms with van der Waals surface area (Å²) in [6.07, 6.45) is 1.38. The Labute approximate surface area is 92.6 Å². The molecule has 0 heterocycles. The first-order chi connectivity index (χ1) is 6.91. The minimum Gasteiger partial charge on any atom is -0.377 e. The van der Waals surface area contributed by atoms with Crippen molar-refractivity contribution in [2.45, 2.75) is 39.2 Å². The van der Waals surface area contributed by atoms with Gasteiger partial charge >= 0.3 is 0 Å². The molecule has 1 amide bonds. The van der Waals surface area contributed by atoms with Gasteiger partial charge in [0.15, 0.2) is 0 Å². The zero-order valence-corrected chi connectivity index (χ0v) is 10.3. The summed E-state index contributed by atoms with van der Waals surface area (Å²) in [7, 11) is 1.64. The Morgan fingerprint density at radius 2 is 2.13 bits per heavy atom. The molecule has 0 aromatic rings. The van der Waals surface area contributed by atoms with Crippen molar-refractivity contribution in [3.63, 3.8) is 0 Å². The second-order valence-electron chi connectivity index (χ2n) is 4.62. The van der Waals surface area contributed by atoms with E-state index in [1.54, 1.807) is 7.11 Å². The Kier molecular flexibility index (Phi) is 6.52. The summed E-state index contributed by atoms with van der Waals surface area (Å²) in [4.78, 5) is 11.4. The van der Waals surface area contributed by atoms with Gasteiger partial charge < -0.3 is 15.8 Å². The molecule has 0 rings (SSSR count). The molecule has 4 nitrogen and oxygen atoms in total. The van der Waals surface area contributed by atoms with Crippen LogP contribution in [0.15, 0.2) is 0 Å². The molecule has 15 heavy (non-hydrogen) atoms. The van der Waals surface area contributed by atoms with E-state index in [0.29, 0.717) is 25.4 Å². The lowest BCUT2D eigenvalue weighted by Crippen LogP contribution is -2.39. The van der Waals surface area contributed by atoms with Crippen molar-refractivity contribution in [1.82, 2.24) is 5.32 Å². The summed E-state index contributed by atoms with van der Waals surface area (Å²) in [5, 5.41) is 2.85. The van der Waals surface area contributed by atoms with Crippen molar-refractivity contribution in [2.75, 3.05) is 20.2 Å². The van der Waals surface area contributed by atoms with Gasteiger partial charge in [-0.3, -0.25) is 4.79 Å². The van der Waals surface area contributed by atoms with Crippen molar-refractivity contribution in [1.29, 1.82) is 0 Å². The first-order valence-corrected chi connectivity index (χ1v) is 5.43. The van der Waals surface area contributed by atoms with Crippen LogP contribution in [-0.2, 0) is 9.53 Å². The van der Waals surface area contributed by atoms with Crippen molar-refractivity contribution in [2.24, 2.45) is 11.7 Å². The maximum atomic E-state index is 11.4. The van der Waals surface area contributed by atoms with Crippen molar-refractivity contribution in [3.05, 3.63) is 0 Å². The van der Waals surface area contributed by atoms with E-state index in [1.807, 2.05) is 20.8 Å². The van der Waals surface area contributed by atoms with E-state index in [9.17, 15) is 4.79 Å². The second kappa shape index (κ2) is 6.80. The lowest BCUT2D eigenvalue weighted by atomic mass is 10.1. The molecule has 0 fully saturated rings. The summed E-state index contributed by atoms with van der Waals surface area (Å²) in [6.45, 7) is 7.11. The minimum absolute atomic E-state index is 0.0698. The van der Waals surface area contributed by atoms with Gasteiger partial charge in [-0.1, -0.05) is 6.92 Å². The fourth-order valence-electron chi connectivity index (χ4n) is 0.967. The van der Waals surface area contributed by atoms with Crippen LogP contribution >= 0.6 is 0 Å². The number of ether oxygens (including phenoxy) is 1. The standard InChI is InChI=1S/C11H24N2O2/c1-9(7-12)5-6-10(14)13-8-11(2,3)15-4/h9H,5-8,12H2,1-4H3,(H,13,14). The Balaban J connectivity index is 3.67. The Bertz CT molecular complexity index is 193. The number of hydrogen-bond acceptors (Lipinski definition) is 3. The van der Waals surface area contributed by atoms with Crippen LogP contribution in [0.25, 0.3) is 0 Å². The van der Waals surface area contributed by atoms with Crippen molar-refractivity contribution < 1.29 is 9.53 Å². The van der Waals surface area contributed by atoms with Crippen LogP contribution in [0.2, 0.25) is 0 Å². The first kappa shape index (κ1) is 14.4. The van der Waals surface area contributed by atoms with Gasteiger partial charge in [-0.15, -0.1) is 0 Å². The van der Waals surface area contributed by atoms with E-state index in [2.05, 4.69) is 5.32 Å². The number of amides is 1. The summed E-state index contributed by atoms with van der Waals surface area (Å²) < 4.78 is 5.20. The molecule has 90 valence electrons. The molecule has 4 heteroatoms. The van der Waals surface area contributed by atoms with Gasteiger partial charge in [0.1, 0.15) is 0 Å². The molecule has 0 radical (unpaired) electrons. The van der Waals surface area contributed by atoms with Crippen LogP contribution in [0.4, 0.5) is 0 Å². The number of nitrogens with two attached hydrogens (primary N) is 1. The molecular weight excluding hydrogens is 192 g/mol. The number of rotatable bonds is 7. The van der Waals surface area contributed by atoms with Gasteiger partial charge in [0.25, 0.3) is 0 Å². The second-order valence-corrected chi connectivity index (χ2v) is 4.62. The molecule has 1 atom stereocenters. The van der Waals surface area contributed by atoms with Gasteiger partial charge in [0, 0.05) is 20.1 Å². The normalized spacial score (nSPS) is 13.7. The van der Waals surface area contributed by atoms with E-state index in [1.165, 1.54) is 0 Å². The molecule has 0 aliphatic rings. The summed E-state index contributed by atoms with van der Waals surface area (Å²) in [6, 6.07) is 0. The van der Waals surface area contributed by atoms with E-state index < -0.39 is 0 Å². The van der Waals surface area contributed by atoms with Crippen LogP contribution in [0.1, 0.15) is 33.6 Å². The lowest BCUT2D eigenvalue weighted by molar-refractivity contribution is -0.122. The first-order valence-electron chi connectivity index (χ1n) is 5.43. The van der Waals surface area contributed by atoms with Gasteiger partial charge in [-0.2, -0.15) is 0 Å². The van der Waals surface area contributed by atoms with Crippen LogP contribution in [0, 0.1) is 5.92 Å². The minimum atomic E-state index is -0.296. The number of nitrogens with one attached hydrogen (secondary N) is 1. The monoisotopic (exact) mass is 216 g/mol. The maximum Gasteiger partial charge on any atom is 0.220 e. The Morgan fingerprint density at radius 3 is 2.60 bits per heavy atom. The molecule has 3 N–H and O–H groups in total. The predicted molar refractivity (Wildman–Crippen MR) is 61.6 cm³/mol. The number of methoxy groups -OCH3 is 1. The largest absolute Gasteiger partial charge is 0.377 e. The van der Waals surface area contributed by atoms with E-state index in [0.717, 1.165) is 6.42 Å². The van der Waals surface area contributed by atoms with Gasteiger partial charge in [0.05, 0.1) is 5.60 Å². The lowest BCUT2D eigenvalue weighted by Gasteiger charge is -2.23. The van der Waals surface area contributed by atoms with Crippen LogP contribution in [-0.4, -0.2) is 31.7 Å². The average molecular weight is 216 g/mol. The SMILES string of the molecule is COC(C)(C)CNC(=O)CCC(C)CN. The smallest absolute Gasteiger partial charge is 0.220 e. The van der Waals surface area contributed by atoms with Crippen LogP contribution in [0.3, 0.4) is 0 Å². The van der Waals surface area contributed by atoms with Crippen molar-refractivity contribution >= 4 is 5.91 Å². The highest BCUT2D eigenvalue weighted by molar-refractivity contribution is 5.75. The molecule has 0 spiro atoms. The van der Waals surface area contributed by atoms with Crippen molar-refractivity contribution in [3.8, 4) is 0 Å². The molecule has 0 aromatic carbocycles. The highest BCUT2D eigenvalue weighted by Crippen LogP contribution is 2.06. The number of hydrogen-bond donors (Lipinski definition) is 2. The third-order valence-corrected chi connectivity index (χ3v) is 2.53. The molecule has 1 unspecified atom stereocenters. The van der Waals surface area contributed by atoms with Gasteiger partial charge in [0.2, 0.25) is 5.91 Å². The maximum absolute atomic E-state index is 11.4. The highest BCUT2D eigenvalue weighted by atomic mass is 16.5. The third kappa shape index (κ3) is 7.33. The molecule has 0 aromatic heterocycles. The zero-order valence-electron chi connectivity index (χ0n) is 10.3. The molecule has 0 saturated carbocycles. The quantitative estimate of drug-likeness (QED) is 0.664. The fraction of sp³-hybridized carbons (Fsp3) is 0.909. The summed E-state index contributed by atoms with van der Waals surface area (Å²) in [5.41, 5.74) is 5.17. The summed E-state index contributed by atoms with van der Waals surface area (Å²) >= 11 is 0. The summed E-state index contributed by atoms with van der Waals surface area (Å²) in [5.74, 6) is 0.478. The molecule has 0 bridgehead atoms. The number of carbonyl (C=O) groups is 1. The zero-order chi connectivity index (χ0) is 11.9. The highest BCUT2D eigenvalue weighted by Gasteiger charge is 2.17. The molecule has 0 saturated heterocycles. The van der Waals surface area contributed by atoms with E-state index >= 15 is 0 Å². The average Bonchev–Trinajstić information content (AvgIpc) is 2.23. The topological polar surface area (TPSA) is 64.3 Å². The van der Waals surface area contributed by atoms with Gasteiger partial charge in [-0.25, -0.2) is 0 Å². The van der Waals surface area contributed by atoms with Crippen LogP contribution < -0.4 is 11.1 Å². The fourth-order valence-corrected chi connectivity index (χ4v) is 0.967. The van der Waals surface area contributed by atoms with Crippen LogP contribution in [0.5, 0.6) is 0 Å². The predicted octanol–water partition coefficient (Wildman–Crippen LogP) is 0.903. The van der Waals surface area contributed by atoms with E-state index in [4.69, 9.17) is 10.5 Å². The van der Waals surface area contributed by atoms with Gasteiger partial charge in [-0.05, 0) is 32.7 Å². The Hall–Kier alpha value is -0.610. The molecule has 0 aliphatic carbocycles. The number of carbonyl (C=O) groups excluding carboxylic acids is 1. The molecule has 0 aliphatic heterocycles. The third-order valence-electron chi connectivity index (χ3n) is 2.53.